The lowest BCUT2D eigenvalue weighted by molar-refractivity contribution is -0.119. The smallest absolute Gasteiger partial charge is 0.318 e. The minimum absolute atomic E-state index is 0.119. The fraction of sp³-hybridized carbons (Fsp3) is 0.400. The Morgan fingerprint density at radius 2 is 1.62 bits per heavy atom. The van der Waals surface area contributed by atoms with Gasteiger partial charge in [-0.25, -0.2) is 9.18 Å². The molecule has 2 N–H and O–H groups in total. The SMILES string of the molecule is O=C(Nc1ccccc1)[C@@H]1CCCN1C(=O)NC1C[C@H]2CC[C@@H](C1)N2Cc1ccc2cc(F)ccc2c1. The van der Waals surface area contributed by atoms with Crippen molar-refractivity contribution in [1.82, 2.24) is 15.1 Å². The molecule has 37 heavy (non-hydrogen) atoms. The van der Waals surface area contributed by atoms with E-state index in [0.29, 0.717) is 25.0 Å². The van der Waals surface area contributed by atoms with Gasteiger partial charge in [0.05, 0.1) is 0 Å². The molecule has 0 aromatic heterocycles. The number of nitrogens with zero attached hydrogens (tertiary/aromatic N) is 2. The van der Waals surface area contributed by atoms with Gasteiger partial charge in [0.15, 0.2) is 0 Å². The van der Waals surface area contributed by atoms with Gasteiger partial charge in [-0.05, 0) is 85.2 Å². The molecule has 3 aromatic carbocycles. The third-order valence-corrected chi connectivity index (χ3v) is 8.30. The maximum absolute atomic E-state index is 13.5. The van der Waals surface area contributed by atoms with E-state index >= 15 is 0 Å². The van der Waals surface area contributed by atoms with E-state index in [1.807, 2.05) is 42.5 Å². The number of piperidine rings is 1. The van der Waals surface area contributed by atoms with Crippen LogP contribution in [0.2, 0.25) is 0 Å². The summed E-state index contributed by atoms with van der Waals surface area (Å²) < 4.78 is 13.5. The predicted octanol–water partition coefficient (Wildman–Crippen LogP) is 5.29. The number of benzene rings is 3. The normalized spacial score (nSPS) is 25.4. The van der Waals surface area contributed by atoms with Gasteiger partial charge in [-0.3, -0.25) is 9.69 Å². The van der Waals surface area contributed by atoms with Crippen LogP contribution >= 0.6 is 0 Å². The molecule has 6 rings (SSSR count). The van der Waals surface area contributed by atoms with Crippen molar-refractivity contribution in [3.05, 3.63) is 78.1 Å². The summed E-state index contributed by atoms with van der Waals surface area (Å²) in [6, 6.07) is 21.0. The van der Waals surface area contributed by atoms with E-state index in [0.717, 1.165) is 55.1 Å². The molecule has 6 nitrogen and oxygen atoms in total. The summed E-state index contributed by atoms with van der Waals surface area (Å²) in [6.07, 6.45) is 5.66. The standard InChI is InChI=1S/C30H33FN4O2/c31-23-11-10-21-15-20(8-9-22(21)16-23)19-35-26-12-13-27(35)18-25(17-26)33-30(37)34-14-4-7-28(34)29(36)32-24-5-2-1-3-6-24/h1-3,5-6,8-11,15-16,25-28H,4,7,12-14,17-19H2,(H,32,36)(H,33,37)/t25?,26-,27+,28-/m0/s1. The van der Waals surface area contributed by atoms with Crippen LogP contribution in [0.1, 0.15) is 44.1 Å². The highest BCUT2D eigenvalue weighted by Gasteiger charge is 2.42. The number of likely N-dealkylation sites (tertiary alicyclic amines) is 1. The summed E-state index contributed by atoms with van der Waals surface area (Å²) >= 11 is 0. The third-order valence-electron chi connectivity index (χ3n) is 8.30. The Hall–Kier alpha value is -3.45. The molecule has 0 spiro atoms. The van der Waals surface area contributed by atoms with Gasteiger partial charge in [-0.1, -0.05) is 36.4 Å². The Kier molecular flexibility index (Phi) is 6.55. The van der Waals surface area contributed by atoms with Crippen LogP contribution in [0.3, 0.4) is 0 Å². The van der Waals surface area contributed by atoms with Crippen molar-refractivity contribution < 1.29 is 14.0 Å². The van der Waals surface area contributed by atoms with Crippen molar-refractivity contribution in [2.24, 2.45) is 0 Å². The van der Waals surface area contributed by atoms with Gasteiger partial charge in [0, 0.05) is 36.9 Å². The van der Waals surface area contributed by atoms with E-state index in [4.69, 9.17) is 0 Å². The van der Waals surface area contributed by atoms with E-state index in [9.17, 15) is 14.0 Å². The van der Waals surface area contributed by atoms with E-state index in [1.54, 1.807) is 11.0 Å². The summed E-state index contributed by atoms with van der Waals surface area (Å²) in [4.78, 5) is 30.4. The number of urea groups is 1. The molecular weight excluding hydrogens is 467 g/mol. The number of anilines is 1. The minimum atomic E-state index is -0.432. The van der Waals surface area contributed by atoms with Gasteiger partial charge in [-0.2, -0.15) is 0 Å². The summed E-state index contributed by atoms with van der Waals surface area (Å²) in [7, 11) is 0. The molecule has 192 valence electrons. The monoisotopic (exact) mass is 500 g/mol. The topological polar surface area (TPSA) is 64.7 Å². The van der Waals surface area contributed by atoms with Crippen molar-refractivity contribution in [1.29, 1.82) is 0 Å². The zero-order chi connectivity index (χ0) is 25.4. The highest BCUT2D eigenvalue weighted by atomic mass is 19.1. The average Bonchev–Trinajstić information content (AvgIpc) is 3.47. The van der Waals surface area contributed by atoms with Crippen LogP contribution in [0.15, 0.2) is 66.7 Å². The second kappa shape index (κ2) is 10.1. The Morgan fingerprint density at radius 1 is 0.892 bits per heavy atom. The molecule has 1 unspecified atom stereocenters. The summed E-state index contributed by atoms with van der Waals surface area (Å²) in [5.41, 5.74) is 1.99. The molecule has 3 aliphatic heterocycles. The Morgan fingerprint density at radius 3 is 2.41 bits per heavy atom. The summed E-state index contributed by atoms with van der Waals surface area (Å²) in [5, 5.41) is 8.20. The van der Waals surface area contributed by atoms with E-state index < -0.39 is 6.04 Å². The van der Waals surface area contributed by atoms with E-state index in [1.165, 1.54) is 11.6 Å². The molecule has 2 bridgehead atoms. The van der Waals surface area contributed by atoms with Gasteiger partial charge in [0.25, 0.3) is 0 Å². The number of para-hydroxylation sites is 1. The lowest BCUT2D eigenvalue weighted by atomic mass is 9.96. The first-order valence-corrected chi connectivity index (χ1v) is 13.4. The van der Waals surface area contributed by atoms with Crippen LogP contribution < -0.4 is 10.6 Å². The van der Waals surface area contributed by atoms with Crippen LogP contribution in [0, 0.1) is 5.82 Å². The summed E-state index contributed by atoms with van der Waals surface area (Å²) in [5.74, 6) is -0.327. The second-order valence-electron chi connectivity index (χ2n) is 10.7. The largest absolute Gasteiger partial charge is 0.335 e. The molecule has 3 aromatic rings. The fourth-order valence-electron chi connectivity index (χ4n) is 6.51. The number of carbonyl (C=O) groups excluding carboxylic acids is 2. The number of halogens is 1. The molecule has 0 aliphatic carbocycles. The van der Waals surface area contributed by atoms with Crippen LogP contribution in [0.25, 0.3) is 10.8 Å². The average molecular weight is 501 g/mol. The Labute approximate surface area is 216 Å². The van der Waals surface area contributed by atoms with Crippen molar-refractivity contribution in [3.63, 3.8) is 0 Å². The van der Waals surface area contributed by atoms with Crippen molar-refractivity contribution in [3.8, 4) is 0 Å². The third kappa shape index (κ3) is 5.05. The molecule has 3 amide bonds. The number of rotatable bonds is 5. The minimum Gasteiger partial charge on any atom is -0.335 e. The molecule has 3 fully saturated rings. The highest BCUT2D eigenvalue weighted by molar-refractivity contribution is 5.97. The van der Waals surface area contributed by atoms with Crippen LogP contribution in [-0.2, 0) is 11.3 Å². The van der Waals surface area contributed by atoms with E-state index in [2.05, 4.69) is 27.7 Å². The summed E-state index contributed by atoms with van der Waals surface area (Å²) in [6.45, 7) is 1.48. The van der Waals surface area contributed by atoms with Crippen molar-refractivity contribution in [2.75, 3.05) is 11.9 Å². The number of hydrogen-bond donors (Lipinski definition) is 2. The van der Waals surface area contributed by atoms with E-state index in [-0.39, 0.29) is 23.8 Å². The molecule has 0 saturated carbocycles. The number of fused-ring (bicyclic) bond motifs is 3. The molecular formula is C30H33FN4O2. The van der Waals surface area contributed by atoms with Gasteiger partial charge >= 0.3 is 6.03 Å². The zero-order valence-electron chi connectivity index (χ0n) is 20.9. The number of carbonyl (C=O) groups is 2. The fourth-order valence-corrected chi connectivity index (χ4v) is 6.51. The lowest BCUT2D eigenvalue weighted by Gasteiger charge is -2.40. The highest BCUT2D eigenvalue weighted by Crippen LogP contribution is 2.37. The first-order chi connectivity index (χ1) is 18.0. The first kappa shape index (κ1) is 23.9. The quantitative estimate of drug-likeness (QED) is 0.501. The Bertz CT molecular complexity index is 1290. The zero-order valence-corrected chi connectivity index (χ0v) is 20.9. The molecule has 4 atom stereocenters. The van der Waals surface area contributed by atoms with Gasteiger partial charge < -0.3 is 15.5 Å². The molecule has 7 heteroatoms. The second-order valence-corrected chi connectivity index (χ2v) is 10.7. The Balaban J connectivity index is 1.06. The first-order valence-electron chi connectivity index (χ1n) is 13.4. The van der Waals surface area contributed by atoms with Crippen molar-refractivity contribution >= 4 is 28.4 Å². The van der Waals surface area contributed by atoms with Gasteiger partial charge in [0.1, 0.15) is 11.9 Å². The predicted molar refractivity (Wildman–Crippen MR) is 143 cm³/mol. The van der Waals surface area contributed by atoms with Crippen LogP contribution in [0.4, 0.5) is 14.9 Å². The number of nitrogens with one attached hydrogen (secondary N) is 2. The van der Waals surface area contributed by atoms with Gasteiger partial charge in [0.2, 0.25) is 5.91 Å². The van der Waals surface area contributed by atoms with Crippen LogP contribution in [-0.4, -0.2) is 52.5 Å². The molecule has 3 heterocycles. The van der Waals surface area contributed by atoms with Gasteiger partial charge in [-0.15, -0.1) is 0 Å². The van der Waals surface area contributed by atoms with Crippen LogP contribution in [0.5, 0.6) is 0 Å². The maximum Gasteiger partial charge on any atom is 0.318 e. The lowest BCUT2D eigenvalue weighted by Crippen LogP contribution is -2.54. The number of amides is 3. The number of hydrogen-bond acceptors (Lipinski definition) is 3. The molecule has 3 aliphatic rings. The molecule has 3 saturated heterocycles. The molecule has 0 radical (unpaired) electrons. The maximum atomic E-state index is 13.5. The van der Waals surface area contributed by atoms with Crippen molar-refractivity contribution in [2.45, 2.75) is 69.2 Å².